The molecule has 3 rings (SSSR count). The number of halogens is 2. The van der Waals surface area contributed by atoms with Gasteiger partial charge in [0.25, 0.3) is 0 Å². The van der Waals surface area contributed by atoms with E-state index in [0.717, 1.165) is 18.8 Å². The first kappa shape index (κ1) is 14.7. The molecule has 1 N–H and O–H groups in total. The van der Waals surface area contributed by atoms with Gasteiger partial charge in [-0.3, -0.25) is 0 Å². The highest BCUT2D eigenvalue weighted by molar-refractivity contribution is 7.80. The van der Waals surface area contributed by atoms with E-state index in [1.807, 2.05) is 6.07 Å². The van der Waals surface area contributed by atoms with Crippen molar-refractivity contribution in [1.29, 1.82) is 0 Å². The predicted octanol–water partition coefficient (Wildman–Crippen LogP) is 4.57. The molecule has 0 unspecified atom stereocenters. The molecule has 0 saturated carbocycles. The Hall–Kier alpha value is -1.23. The van der Waals surface area contributed by atoms with Crippen LogP contribution in [0.2, 0.25) is 10.0 Å². The van der Waals surface area contributed by atoms with Crippen LogP contribution in [-0.2, 0) is 6.54 Å². The van der Waals surface area contributed by atoms with Crippen molar-refractivity contribution in [3.63, 3.8) is 0 Å². The van der Waals surface area contributed by atoms with Crippen molar-refractivity contribution in [1.82, 2.24) is 9.47 Å². The summed E-state index contributed by atoms with van der Waals surface area (Å²) in [5, 5.41) is 5.08. The summed E-state index contributed by atoms with van der Waals surface area (Å²) in [6.07, 6.45) is 2.11. The Labute approximate surface area is 139 Å². The number of rotatable bonds is 1. The quantitative estimate of drug-likeness (QED) is 0.768. The summed E-state index contributed by atoms with van der Waals surface area (Å²) in [5.41, 5.74) is 2.05. The third-order valence-corrected chi connectivity index (χ3v) is 4.66. The van der Waals surface area contributed by atoms with Gasteiger partial charge >= 0.3 is 0 Å². The van der Waals surface area contributed by atoms with Crippen molar-refractivity contribution < 1.29 is 0 Å². The highest BCUT2D eigenvalue weighted by atomic mass is 35.5. The fraction of sp³-hybridized carbons (Fsp3) is 0.267. The zero-order valence-corrected chi connectivity index (χ0v) is 13.8. The Morgan fingerprint density at radius 2 is 2.10 bits per heavy atom. The normalized spacial score (nSPS) is 17.5. The lowest BCUT2D eigenvalue weighted by atomic mass is 10.1. The highest BCUT2D eigenvalue weighted by Gasteiger charge is 2.25. The van der Waals surface area contributed by atoms with Crippen molar-refractivity contribution in [3.05, 3.63) is 52.3 Å². The molecule has 1 atom stereocenters. The van der Waals surface area contributed by atoms with Crippen LogP contribution in [0.25, 0.3) is 0 Å². The Balaban J connectivity index is 1.77. The number of fused-ring (bicyclic) bond motifs is 1. The maximum Gasteiger partial charge on any atom is 0.174 e. The van der Waals surface area contributed by atoms with Gasteiger partial charge in [-0.05, 0) is 49.5 Å². The van der Waals surface area contributed by atoms with Gasteiger partial charge in [-0.15, -0.1) is 0 Å². The lowest BCUT2D eigenvalue weighted by molar-refractivity contribution is 0.276. The molecule has 1 aromatic carbocycles. The molecule has 3 nitrogen and oxygen atoms in total. The SMILES string of the molecule is C[C@H]1c2cccn2CCN1C(=S)Nc1ccc(Cl)cc1Cl. The second kappa shape index (κ2) is 5.87. The summed E-state index contributed by atoms with van der Waals surface area (Å²) >= 11 is 17.6. The van der Waals surface area contributed by atoms with Crippen molar-refractivity contribution in [2.45, 2.75) is 19.5 Å². The van der Waals surface area contributed by atoms with Crippen LogP contribution in [0.1, 0.15) is 18.7 Å². The molecule has 0 amide bonds. The summed E-state index contributed by atoms with van der Waals surface area (Å²) in [5.74, 6) is 0. The Morgan fingerprint density at radius 3 is 2.86 bits per heavy atom. The van der Waals surface area contributed by atoms with Crippen LogP contribution in [0.3, 0.4) is 0 Å². The third kappa shape index (κ3) is 2.89. The lowest BCUT2D eigenvalue weighted by Crippen LogP contribution is -2.42. The van der Waals surface area contributed by atoms with Crippen LogP contribution in [0.4, 0.5) is 5.69 Å². The fourth-order valence-electron chi connectivity index (χ4n) is 2.63. The number of nitrogens with one attached hydrogen (secondary N) is 1. The van der Waals surface area contributed by atoms with E-state index in [1.54, 1.807) is 12.1 Å². The number of anilines is 1. The highest BCUT2D eigenvalue weighted by Crippen LogP contribution is 2.29. The predicted molar refractivity (Wildman–Crippen MR) is 92.2 cm³/mol. The number of hydrogen-bond acceptors (Lipinski definition) is 1. The van der Waals surface area contributed by atoms with Gasteiger partial charge in [0.15, 0.2) is 5.11 Å². The number of nitrogens with zero attached hydrogens (tertiary/aromatic N) is 2. The summed E-state index contributed by atoms with van der Waals surface area (Å²) in [6.45, 7) is 3.96. The molecule has 0 radical (unpaired) electrons. The van der Waals surface area contributed by atoms with Crippen LogP contribution in [0, 0.1) is 0 Å². The molecule has 21 heavy (non-hydrogen) atoms. The van der Waals surface area contributed by atoms with E-state index in [9.17, 15) is 0 Å². The van der Waals surface area contributed by atoms with Gasteiger partial charge in [-0.25, -0.2) is 0 Å². The van der Waals surface area contributed by atoms with Crippen LogP contribution in [0.5, 0.6) is 0 Å². The minimum Gasteiger partial charge on any atom is -0.348 e. The van der Waals surface area contributed by atoms with Gasteiger partial charge in [0.1, 0.15) is 0 Å². The van der Waals surface area contributed by atoms with Gasteiger partial charge in [-0.1, -0.05) is 23.2 Å². The second-order valence-corrected chi connectivity index (χ2v) is 6.28. The molecule has 2 heterocycles. The Bertz CT molecular complexity index is 683. The molecule has 0 saturated heterocycles. The largest absolute Gasteiger partial charge is 0.348 e. The van der Waals surface area contributed by atoms with Crippen LogP contribution >= 0.6 is 35.4 Å². The second-order valence-electron chi connectivity index (χ2n) is 5.05. The van der Waals surface area contributed by atoms with E-state index in [2.05, 4.69) is 40.0 Å². The lowest BCUT2D eigenvalue weighted by Gasteiger charge is -2.36. The molecule has 0 fully saturated rings. The number of aromatic nitrogens is 1. The molecular formula is C15H15Cl2N3S. The van der Waals surface area contributed by atoms with E-state index in [1.165, 1.54) is 5.69 Å². The first-order valence-electron chi connectivity index (χ1n) is 6.74. The molecule has 0 bridgehead atoms. The minimum atomic E-state index is 0.236. The zero-order valence-electron chi connectivity index (χ0n) is 11.5. The van der Waals surface area contributed by atoms with E-state index in [0.29, 0.717) is 15.2 Å². The van der Waals surface area contributed by atoms with E-state index < -0.39 is 0 Å². The molecule has 1 aliphatic heterocycles. The maximum absolute atomic E-state index is 6.18. The van der Waals surface area contributed by atoms with Gasteiger partial charge < -0.3 is 14.8 Å². The van der Waals surface area contributed by atoms with Crippen LogP contribution in [0.15, 0.2) is 36.5 Å². The van der Waals surface area contributed by atoms with Gasteiger partial charge in [0.2, 0.25) is 0 Å². The molecule has 2 aromatic rings. The smallest absolute Gasteiger partial charge is 0.174 e. The minimum absolute atomic E-state index is 0.236. The molecule has 0 aliphatic carbocycles. The van der Waals surface area contributed by atoms with E-state index >= 15 is 0 Å². The monoisotopic (exact) mass is 339 g/mol. The van der Waals surface area contributed by atoms with E-state index in [4.69, 9.17) is 35.4 Å². The fourth-order valence-corrected chi connectivity index (χ4v) is 3.45. The summed E-state index contributed by atoms with van der Waals surface area (Å²) in [7, 11) is 0. The van der Waals surface area contributed by atoms with Crippen LogP contribution < -0.4 is 5.32 Å². The number of hydrogen-bond donors (Lipinski definition) is 1. The Morgan fingerprint density at radius 1 is 1.29 bits per heavy atom. The molecule has 0 spiro atoms. The third-order valence-electron chi connectivity index (χ3n) is 3.78. The van der Waals surface area contributed by atoms with Crippen molar-refractivity contribution in [2.24, 2.45) is 0 Å². The number of benzene rings is 1. The topological polar surface area (TPSA) is 20.2 Å². The van der Waals surface area contributed by atoms with Gasteiger partial charge in [0.05, 0.1) is 16.8 Å². The molecule has 110 valence electrons. The van der Waals surface area contributed by atoms with E-state index in [-0.39, 0.29) is 6.04 Å². The molecular weight excluding hydrogens is 325 g/mol. The molecule has 1 aromatic heterocycles. The molecule has 1 aliphatic rings. The average Bonchev–Trinajstić information content (AvgIpc) is 2.91. The Kier molecular flexibility index (Phi) is 4.11. The van der Waals surface area contributed by atoms with Crippen LogP contribution in [-0.4, -0.2) is 21.1 Å². The van der Waals surface area contributed by atoms with Crippen molar-refractivity contribution >= 4 is 46.2 Å². The summed E-state index contributed by atoms with van der Waals surface area (Å²) in [6, 6.07) is 9.78. The molecule has 6 heteroatoms. The summed E-state index contributed by atoms with van der Waals surface area (Å²) < 4.78 is 2.26. The number of thiocarbonyl (C=S) groups is 1. The van der Waals surface area contributed by atoms with Crippen molar-refractivity contribution in [3.8, 4) is 0 Å². The maximum atomic E-state index is 6.18. The summed E-state index contributed by atoms with van der Waals surface area (Å²) in [4.78, 5) is 2.18. The van der Waals surface area contributed by atoms with Crippen molar-refractivity contribution in [2.75, 3.05) is 11.9 Å². The van der Waals surface area contributed by atoms with Gasteiger partial charge in [-0.2, -0.15) is 0 Å². The zero-order chi connectivity index (χ0) is 15.0. The van der Waals surface area contributed by atoms with Gasteiger partial charge in [0, 0.05) is 30.0 Å². The standard InChI is InChI=1S/C15H15Cl2N3S/c1-10-14-3-2-6-19(14)7-8-20(10)15(21)18-13-5-4-11(16)9-12(13)17/h2-6,9-10H,7-8H2,1H3,(H,18,21)/t10-/m0/s1. The average molecular weight is 340 g/mol. The first-order chi connectivity index (χ1) is 10.1. The first-order valence-corrected chi connectivity index (χ1v) is 7.90.